The molecule has 0 atom stereocenters. The van der Waals surface area contributed by atoms with Gasteiger partial charge in [-0.3, -0.25) is 10.2 Å². The molecule has 0 spiro atoms. The van der Waals surface area contributed by atoms with Gasteiger partial charge in [-0.25, -0.2) is 4.79 Å². The van der Waals surface area contributed by atoms with Gasteiger partial charge in [-0.15, -0.1) is 0 Å². The van der Waals surface area contributed by atoms with Crippen molar-refractivity contribution in [1.29, 1.82) is 0 Å². The molecule has 3 rings (SSSR count). The number of ether oxygens (including phenoxy) is 1. The molecule has 0 saturated carbocycles. The maximum absolute atomic E-state index is 11.5. The molecule has 0 aliphatic carbocycles. The van der Waals surface area contributed by atoms with E-state index in [1.54, 1.807) is 6.07 Å². The summed E-state index contributed by atoms with van der Waals surface area (Å²) in [6, 6.07) is 17.5. The molecular formula is C23H20N2O3. The highest BCUT2D eigenvalue weighted by atomic mass is 16.6. The molecule has 5 nitrogen and oxygen atoms in total. The van der Waals surface area contributed by atoms with Crippen molar-refractivity contribution in [2.75, 3.05) is 12.2 Å². The fourth-order valence-electron chi connectivity index (χ4n) is 2.64. The number of hydrogen-bond donors (Lipinski definition) is 1. The standard InChI is InChI=1S/C23H20N2O3/c1-16-4-6-18(7-5-16)8-9-19-10-12-20(13-11-19)22-14-21(15-24-17(22)2)25(27)23(26)28-3/h4-7,10-15,27H,1-3H3. The van der Waals surface area contributed by atoms with Crippen LogP contribution in [0.25, 0.3) is 11.1 Å². The molecule has 0 aliphatic rings. The van der Waals surface area contributed by atoms with E-state index < -0.39 is 6.09 Å². The fraction of sp³-hybridized carbons (Fsp3) is 0.130. The number of rotatable bonds is 2. The van der Waals surface area contributed by atoms with E-state index in [0.29, 0.717) is 5.06 Å². The van der Waals surface area contributed by atoms with Crippen molar-refractivity contribution in [3.63, 3.8) is 0 Å². The molecule has 28 heavy (non-hydrogen) atoms. The molecule has 1 N–H and O–H groups in total. The highest BCUT2D eigenvalue weighted by molar-refractivity contribution is 5.86. The van der Waals surface area contributed by atoms with Crippen molar-refractivity contribution in [3.8, 4) is 23.0 Å². The summed E-state index contributed by atoms with van der Waals surface area (Å²) in [5.41, 5.74) is 5.79. The number of nitrogens with zero attached hydrogens (tertiary/aromatic N) is 2. The summed E-state index contributed by atoms with van der Waals surface area (Å²) in [5.74, 6) is 6.30. The maximum Gasteiger partial charge on any atom is 0.438 e. The van der Waals surface area contributed by atoms with Crippen LogP contribution in [0, 0.1) is 25.7 Å². The maximum atomic E-state index is 11.5. The minimum Gasteiger partial charge on any atom is -0.451 e. The molecule has 5 heteroatoms. The predicted molar refractivity (Wildman–Crippen MR) is 108 cm³/mol. The van der Waals surface area contributed by atoms with E-state index >= 15 is 0 Å². The van der Waals surface area contributed by atoms with Crippen molar-refractivity contribution in [1.82, 2.24) is 4.98 Å². The summed E-state index contributed by atoms with van der Waals surface area (Å²) in [6.45, 7) is 3.91. The number of pyridine rings is 1. The van der Waals surface area contributed by atoms with Crippen molar-refractivity contribution in [3.05, 3.63) is 83.2 Å². The Bertz CT molecular complexity index is 1050. The zero-order valence-electron chi connectivity index (χ0n) is 15.9. The quantitative estimate of drug-likeness (QED) is 0.401. The molecule has 3 aromatic rings. The van der Waals surface area contributed by atoms with Crippen LogP contribution in [0.3, 0.4) is 0 Å². The zero-order chi connectivity index (χ0) is 20.1. The average molecular weight is 372 g/mol. The third kappa shape index (κ3) is 4.37. The van der Waals surface area contributed by atoms with Gasteiger partial charge in [-0.2, -0.15) is 5.06 Å². The lowest BCUT2D eigenvalue weighted by molar-refractivity contribution is 0.141. The molecule has 0 radical (unpaired) electrons. The Morgan fingerprint density at radius 1 is 1.00 bits per heavy atom. The zero-order valence-corrected chi connectivity index (χ0v) is 15.9. The van der Waals surface area contributed by atoms with Crippen LogP contribution in [0.2, 0.25) is 0 Å². The third-order valence-electron chi connectivity index (χ3n) is 4.26. The number of benzene rings is 2. The van der Waals surface area contributed by atoms with Crippen LogP contribution in [0.15, 0.2) is 60.8 Å². The number of aromatic nitrogens is 1. The van der Waals surface area contributed by atoms with E-state index in [0.717, 1.165) is 27.9 Å². The van der Waals surface area contributed by atoms with Crippen LogP contribution in [0.1, 0.15) is 22.4 Å². The van der Waals surface area contributed by atoms with Gasteiger partial charge in [0.2, 0.25) is 0 Å². The van der Waals surface area contributed by atoms with Gasteiger partial charge in [0.05, 0.1) is 19.0 Å². The van der Waals surface area contributed by atoms with Gasteiger partial charge in [0.15, 0.2) is 0 Å². The second kappa shape index (κ2) is 8.38. The summed E-state index contributed by atoms with van der Waals surface area (Å²) in [4.78, 5) is 15.8. The van der Waals surface area contributed by atoms with Crippen LogP contribution in [-0.4, -0.2) is 23.4 Å². The Kier molecular flexibility index (Phi) is 5.73. The first-order valence-electron chi connectivity index (χ1n) is 8.70. The number of amides is 1. The highest BCUT2D eigenvalue weighted by Gasteiger charge is 2.15. The summed E-state index contributed by atoms with van der Waals surface area (Å²) in [7, 11) is 1.20. The summed E-state index contributed by atoms with van der Waals surface area (Å²) >= 11 is 0. The van der Waals surface area contributed by atoms with Crippen molar-refractivity contribution in [2.24, 2.45) is 0 Å². The number of aryl methyl sites for hydroxylation is 2. The molecule has 1 amide bonds. The second-order valence-corrected chi connectivity index (χ2v) is 6.30. The van der Waals surface area contributed by atoms with E-state index in [2.05, 4.69) is 21.6 Å². The van der Waals surface area contributed by atoms with E-state index in [-0.39, 0.29) is 5.69 Å². The number of methoxy groups -OCH3 is 1. The molecule has 0 fully saturated rings. The molecule has 0 bridgehead atoms. The van der Waals surface area contributed by atoms with E-state index in [9.17, 15) is 10.0 Å². The molecule has 1 aromatic heterocycles. The van der Waals surface area contributed by atoms with Crippen molar-refractivity contribution in [2.45, 2.75) is 13.8 Å². The Hall–Kier alpha value is -3.62. The molecule has 0 saturated heterocycles. The lowest BCUT2D eigenvalue weighted by Crippen LogP contribution is -2.26. The number of carbonyl (C=O) groups is 1. The largest absolute Gasteiger partial charge is 0.451 e. The Labute approximate surface area is 164 Å². The van der Waals surface area contributed by atoms with E-state index in [1.807, 2.05) is 62.4 Å². The number of hydroxylamine groups is 1. The SMILES string of the molecule is COC(=O)N(O)c1cnc(C)c(-c2ccc(C#Cc3ccc(C)cc3)cc2)c1. The average Bonchev–Trinajstić information content (AvgIpc) is 2.73. The number of carbonyl (C=O) groups excluding carboxylic acids is 1. The normalized spacial score (nSPS) is 10.0. The molecular weight excluding hydrogens is 352 g/mol. The monoisotopic (exact) mass is 372 g/mol. The fourth-order valence-corrected chi connectivity index (χ4v) is 2.64. The Morgan fingerprint density at radius 2 is 1.57 bits per heavy atom. The lowest BCUT2D eigenvalue weighted by atomic mass is 10.0. The van der Waals surface area contributed by atoms with Crippen LogP contribution in [0.5, 0.6) is 0 Å². The first kappa shape index (κ1) is 19.2. The summed E-state index contributed by atoms with van der Waals surface area (Å²) in [6.07, 6.45) is 0.537. The summed E-state index contributed by atoms with van der Waals surface area (Å²) < 4.78 is 4.52. The minimum atomic E-state index is -0.877. The molecule has 2 aromatic carbocycles. The lowest BCUT2D eigenvalue weighted by Gasteiger charge is -2.15. The topological polar surface area (TPSA) is 62.7 Å². The van der Waals surface area contributed by atoms with Crippen molar-refractivity contribution >= 4 is 11.8 Å². The Morgan fingerprint density at radius 3 is 2.14 bits per heavy atom. The van der Waals surface area contributed by atoms with Gasteiger partial charge >= 0.3 is 6.09 Å². The predicted octanol–water partition coefficient (Wildman–Crippen LogP) is 4.73. The second-order valence-electron chi connectivity index (χ2n) is 6.30. The first-order valence-corrected chi connectivity index (χ1v) is 8.70. The number of hydrogen-bond acceptors (Lipinski definition) is 4. The van der Waals surface area contributed by atoms with Gasteiger partial charge in [0.25, 0.3) is 0 Å². The van der Waals surface area contributed by atoms with Gasteiger partial charge in [0.1, 0.15) is 0 Å². The van der Waals surface area contributed by atoms with E-state index in [4.69, 9.17) is 0 Å². The van der Waals surface area contributed by atoms with Gasteiger partial charge in [-0.1, -0.05) is 41.7 Å². The Balaban J connectivity index is 1.85. The third-order valence-corrected chi connectivity index (χ3v) is 4.26. The summed E-state index contributed by atoms with van der Waals surface area (Å²) in [5, 5.41) is 10.3. The number of anilines is 1. The van der Waals surface area contributed by atoms with E-state index in [1.165, 1.54) is 18.9 Å². The van der Waals surface area contributed by atoms with Gasteiger partial charge in [0, 0.05) is 22.4 Å². The minimum absolute atomic E-state index is 0.232. The van der Waals surface area contributed by atoms with Gasteiger partial charge < -0.3 is 4.74 Å². The van der Waals surface area contributed by atoms with Crippen LogP contribution in [0.4, 0.5) is 10.5 Å². The first-order chi connectivity index (χ1) is 13.5. The van der Waals surface area contributed by atoms with Crippen LogP contribution < -0.4 is 5.06 Å². The molecule has 140 valence electrons. The molecule has 0 aliphatic heterocycles. The van der Waals surface area contributed by atoms with Crippen LogP contribution >= 0.6 is 0 Å². The van der Waals surface area contributed by atoms with Crippen molar-refractivity contribution < 1.29 is 14.7 Å². The molecule has 1 heterocycles. The highest BCUT2D eigenvalue weighted by Crippen LogP contribution is 2.26. The van der Waals surface area contributed by atoms with Gasteiger partial charge in [-0.05, 0) is 49.7 Å². The molecule has 0 unspecified atom stereocenters. The smallest absolute Gasteiger partial charge is 0.438 e. The van der Waals surface area contributed by atoms with Crippen LogP contribution in [-0.2, 0) is 4.74 Å².